The van der Waals surface area contributed by atoms with E-state index in [2.05, 4.69) is 15.0 Å². The van der Waals surface area contributed by atoms with Crippen LogP contribution < -0.4 is 15.8 Å². The normalized spacial score (nSPS) is 19.8. The van der Waals surface area contributed by atoms with E-state index in [1.165, 1.54) is 18.3 Å². The van der Waals surface area contributed by atoms with E-state index >= 15 is 0 Å². The van der Waals surface area contributed by atoms with E-state index in [0.29, 0.717) is 12.8 Å². The van der Waals surface area contributed by atoms with Gasteiger partial charge in [-0.2, -0.15) is 0 Å². The molecule has 8 heteroatoms. The summed E-state index contributed by atoms with van der Waals surface area (Å²) < 4.78 is 26.2. The Labute approximate surface area is 105 Å². The molecule has 1 unspecified atom stereocenters. The van der Waals surface area contributed by atoms with Crippen LogP contribution in [0.2, 0.25) is 0 Å². The molecule has 0 saturated carbocycles. The summed E-state index contributed by atoms with van der Waals surface area (Å²) in [7, 11) is -3.60. The fraction of sp³-hybridized carbons (Fsp3) is 0.400. The van der Waals surface area contributed by atoms with Gasteiger partial charge in [-0.3, -0.25) is 4.79 Å². The predicted octanol–water partition coefficient (Wildman–Crippen LogP) is -0.779. The Morgan fingerprint density at radius 2 is 2.28 bits per heavy atom. The standard InChI is InChI=1S/C10H14N4O3S/c11-9-3-2-8(6-12-9)18(16,17)13-5-7-1-4-10(15)14-7/h2-3,6-7,13H,1,4-5H2,(H2,11,12)(H,14,15). The van der Waals surface area contributed by atoms with Crippen LogP contribution >= 0.6 is 0 Å². The van der Waals surface area contributed by atoms with E-state index in [1.54, 1.807) is 0 Å². The lowest BCUT2D eigenvalue weighted by Crippen LogP contribution is -2.38. The zero-order valence-electron chi connectivity index (χ0n) is 9.59. The number of hydrogen-bond donors (Lipinski definition) is 3. The molecule has 98 valence electrons. The summed E-state index contributed by atoms with van der Waals surface area (Å²) >= 11 is 0. The van der Waals surface area contributed by atoms with Gasteiger partial charge >= 0.3 is 0 Å². The summed E-state index contributed by atoms with van der Waals surface area (Å²) in [5.41, 5.74) is 5.38. The third kappa shape index (κ3) is 2.96. The molecule has 1 amide bonds. The number of rotatable bonds is 4. The highest BCUT2D eigenvalue weighted by atomic mass is 32.2. The lowest BCUT2D eigenvalue weighted by atomic mass is 10.2. The third-order valence-corrected chi connectivity index (χ3v) is 4.08. The van der Waals surface area contributed by atoms with E-state index in [-0.39, 0.29) is 29.2 Å². The van der Waals surface area contributed by atoms with Gasteiger partial charge in [0.2, 0.25) is 15.9 Å². The summed E-state index contributed by atoms with van der Waals surface area (Å²) in [6.07, 6.45) is 2.28. The molecule has 0 spiro atoms. The van der Waals surface area contributed by atoms with E-state index in [9.17, 15) is 13.2 Å². The minimum Gasteiger partial charge on any atom is -0.384 e. The number of carbonyl (C=O) groups excluding carboxylic acids is 1. The van der Waals surface area contributed by atoms with Gasteiger partial charge < -0.3 is 11.1 Å². The van der Waals surface area contributed by atoms with Gasteiger partial charge in [0.1, 0.15) is 10.7 Å². The zero-order valence-corrected chi connectivity index (χ0v) is 10.4. The first-order valence-corrected chi connectivity index (χ1v) is 6.96. The van der Waals surface area contributed by atoms with E-state index in [4.69, 9.17) is 5.73 Å². The fourth-order valence-electron chi connectivity index (χ4n) is 1.67. The summed E-state index contributed by atoms with van der Waals surface area (Å²) in [4.78, 5) is 14.8. The number of nitrogen functional groups attached to an aromatic ring is 1. The van der Waals surface area contributed by atoms with Gasteiger partial charge in [0.15, 0.2) is 0 Å². The monoisotopic (exact) mass is 270 g/mol. The van der Waals surface area contributed by atoms with E-state index in [0.717, 1.165) is 0 Å². The maximum atomic E-state index is 11.9. The van der Waals surface area contributed by atoms with Gasteiger partial charge in [-0.15, -0.1) is 0 Å². The highest BCUT2D eigenvalue weighted by Crippen LogP contribution is 2.10. The zero-order chi connectivity index (χ0) is 13.2. The minimum absolute atomic E-state index is 0.0478. The Morgan fingerprint density at radius 1 is 1.50 bits per heavy atom. The minimum atomic E-state index is -3.60. The van der Waals surface area contributed by atoms with Crippen molar-refractivity contribution in [2.45, 2.75) is 23.8 Å². The van der Waals surface area contributed by atoms with Gasteiger partial charge in [0, 0.05) is 25.2 Å². The summed E-state index contributed by atoms with van der Waals surface area (Å²) in [6, 6.07) is 2.66. The van der Waals surface area contributed by atoms with Crippen molar-refractivity contribution in [3.63, 3.8) is 0 Å². The number of pyridine rings is 1. The van der Waals surface area contributed by atoms with Crippen LogP contribution in [-0.4, -0.2) is 31.9 Å². The van der Waals surface area contributed by atoms with Gasteiger partial charge in [0.05, 0.1) is 0 Å². The SMILES string of the molecule is Nc1ccc(S(=O)(=O)NCC2CCC(=O)N2)cn1. The summed E-state index contributed by atoms with van der Waals surface area (Å²) in [5.74, 6) is 0.213. The third-order valence-electron chi connectivity index (χ3n) is 2.67. The van der Waals surface area contributed by atoms with Gasteiger partial charge in [0.25, 0.3) is 0 Å². The van der Waals surface area contributed by atoms with Crippen LogP contribution in [0.25, 0.3) is 0 Å². The number of nitrogens with zero attached hydrogens (tertiary/aromatic N) is 1. The first-order valence-electron chi connectivity index (χ1n) is 5.48. The lowest BCUT2D eigenvalue weighted by molar-refractivity contribution is -0.119. The molecule has 0 bridgehead atoms. The highest BCUT2D eigenvalue weighted by Gasteiger charge is 2.23. The molecule has 1 aromatic heterocycles. The summed E-state index contributed by atoms with van der Waals surface area (Å²) in [6.45, 7) is 0.179. The van der Waals surface area contributed by atoms with Crippen molar-refractivity contribution < 1.29 is 13.2 Å². The smallest absolute Gasteiger partial charge is 0.242 e. The molecule has 18 heavy (non-hydrogen) atoms. The molecule has 7 nitrogen and oxygen atoms in total. The van der Waals surface area contributed by atoms with E-state index < -0.39 is 10.0 Å². The number of amides is 1. The van der Waals surface area contributed by atoms with Crippen LogP contribution in [0.15, 0.2) is 23.2 Å². The number of nitrogens with two attached hydrogens (primary N) is 1. The molecule has 1 atom stereocenters. The van der Waals surface area contributed by atoms with Crippen LogP contribution in [0.5, 0.6) is 0 Å². The van der Waals surface area contributed by atoms with Crippen LogP contribution in [0.1, 0.15) is 12.8 Å². The topological polar surface area (TPSA) is 114 Å². The first-order chi connectivity index (χ1) is 8.47. The molecular formula is C10H14N4O3S. The second-order valence-electron chi connectivity index (χ2n) is 4.07. The number of nitrogens with one attached hydrogen (secondary N) is 2. The van der Waals surface area contributed by atoms with Crippen molar-refractivity contribution in [3.05, 3.63) is 18.3 Å². The van der Waals surface area contributed by atoms with Crippen molar-refractivity contribution in [1.29, 1.82) is 0 Å². The predicted molar refractivity (Wildman–Crippen MR) is 65.0 cm³/mol. The van der Waals surface area contributed by atoms with E-state index in [1.807, 2.05) is 0 Å². The molecule has 0 aromatic carbocycles. The second-order valence-corrected chi connectivity index (χ2v) is 5.84. The Kier molecular flexibility index (Phi) is 3.48. The quantitative estimate of drug-likeness (QED) is 0.664. The van der Waals surface area contributed by atoms with Crippen LogP contribution in [0, 0.1) is 0 Å². The van der Waals surface area contributed by atoms with Gasteiger partial charge in [-0.1, -0.05) is 0 Å². The molecule has 2 rings (SSSR count). The molecule has 1 fully saturated rings. The maximum absolute atomic E-state index is 11.9. The molecule has 0 radical (unpaired) electrons. The molecule has 4 N–H and O–H groups in total. The Balaban J connectivity index is 1.99. The van der Waals surface area contributed by atoms with Crippen molar-refractivity contribution in [2.75, 3.05) is 12.3 Å². The lowest BCUT2D eigenvalue weighted by Gasteiger charge is -2.11. The number of hydrogen-bond acceptors (Lipinski definition) is 5. The maximum Gasteiger partial charge on any atom is 0.242 e. The Morgan fingerprint density at radius 3 is 2.83 bits per heavy atom. The second kappa shape index (κ2) is 4.91. The van der Waals surface area contributed by atoms with Crippen LogP contribution in [0.3, 0.4) is 0 Å². The number of sulfonamides is 1. The molecule has 1 aliphatic rings. The van der Waals surface area contributed by atoms with Gasteiger partial charge in [-0.25, -0.2) is 18.1 Å². The van der Waals surface area contributed by atoms with Crippen molar-refractivity contribution in [2.24, 2.45) is 0 Å². The van der Waals surface area contributed by atoms with Crippen LogP contribution in [0.4, 0.5) is 5.82 Å². The molecular weight excluding hydrogens is 256 g/mol. The number of carbonyl (C=O) groups is 1. The Bertz CT molecular complexity index is 541. The molecule has 2 heterocycles. The average Bonchev–Trinajstić information content (AvgIpc) is 2.73. The van der Waals surface area contributed by atoms with Crippen molar-refractivity contribution in [3.8, 4) is 0 Å². The molecule has 1 saturated heterocycles. The molecule has 1 aromatic rings. The number of aromatic nitrogens is 1. The van der Waals surface area contributed by atoms with Crippen molar-refractivity contribution in [1.82, 2.24) is 15.0 Å². The number of anilines is 1. The Hall–Kier alpha value is -1.67. The fourth-order valence-corrected chi connectivity index (χ4v) is 2.70. The van der Waals surface area contributed by atoms with Gasteiger partial charge in [-0.05, 0) is 18.6 Å². The highest BCUT2D eigenvalue weighted by molar-refractivity contribution is 7.89. The van der Waals surface area contributed by atoms with Crippen molar-refractivity contribution >= 4 is 21.7 Å². The van der Waals surface area contributed by atoms with Crippen LogP contribution in [-0.2, 0) is 14.8 Å². The average molecular weight is 270 g/mol. The largest absolute Gasteiger partial charge is 0.384 e. The molecule has 0 aliphatic carbocycles. The molecule has 1 aliphatic heterocycles. The first kappa shape index (κ1) is 12.8. The summed E-state index contributed by atoms with van der Waals surface area (Å²) in [5, 5.41) is 2.69.